The van der Waals surface area contributed by atoms with Crippen molar-refractivity contribution in [3.8, 4) is 11.8 Å². The Hall–Kier alpha value is -3.81. The van der Waals surface area contributed by atoms with Gasteiger partial charge in [0.15, 0.2) is 0 Å². The molecular formula is C24H24N5O4P. The molecule has 2 atom stereocenters. The van der Waals surface area contributed by atoms with Crippen LogP contribution in [0.3, 0.4) is 0 Å². The van der Waals surface area contributed by atoms with Crippen LogP contribution in [0.25, 0.3) is 5.95 Å². The maximum atomic E-state index is 13.2. The van der Waals surface area contributed by atoms with Crippen LogP contribution in [0.1, 0.15) is 34.5 Å². The molecule has 0 radical (unpaired) electrons. The van der Waals surface area contributed by atoms with Crippen molar-refractivity contribution >= 4 is 18.6 Å². The third kappa shape index (κ3) is 5.06. The van der Waals surface area contributed by atoms with Gasteiger partial charge in [-0.25, -0.2) is 9.67 Å². The first-order valence-electron chi connectivity index (χ1n) is 10.6. The van der Waals surface area contributed by atoms with Crippen molar-refractivity contribution in [3.05, 3.63) is 95.9 Å². The molecule has 0 bridgehead atoms. The number of hydrogen-bond donors (Lipinski definition) is 2. The van der Waals surface area contributed by atoms with Gasteiger partial charge < -0.3 is 14.9 Å². The first kappa shape index (κ1) is 23.4. The zero-order chi connectivity index (χ0) is 24.1. The maximum absolute atomic E-state index is 13.2. The van der Waals surface area contributed by atoms with Crippen LogP contribution >= 0.6 is 7.37 Å². The lowest BCUT2D eigenvalue weighted by Crippen LogP contribution is -2.30. The molecule has 0 saturated heterocycles. The monoisotopic (exact) mass is 477 g/mol. The first-order chi connectivity index (χ1) is 16.4. The Morgan fingerprint density at radius 3 is 2.59 bits per heavy atom. The number of rotatable bonds is 8. The Kier molecular flexibility index (Phi) is 6.86. The quantitative estimate of drug-likeness (QED) is 0.373. The van der Waals surface area contributed by atoms with Gasteiger partial charge in [0.25, 0.3) is 11.9 Å². The highest BCUT2D eigenvalue weighted by atomic mass is 31.2. The van der Waals surface area contributed by atoms with E-state index in [4.69, 9.17) is 4.52 Å². The third-order valence-corrected chi connectivity index (χ3v) is 7.13. The SMILES string of the molecule is CCOP(C)(=O)c1cccc(C(NC(=O)c2cnc(-n3cccn3)nc2O)c2ccccc2)c1. The van der Waals surface area contributed by atoms with Gasteiger partial charge in [0.1, 0.15) is 5.56 Å². The topological polar surface area (TPSA) is 119 Å². The van der Waals surface area contributed by atoms with E-state index in [0.29, 0.717) is 17.5 Å². The summed E-state index contributed by atoms with van der Waals surface area (Å²) in [5.41, 5.74) is 1.44. The van der Waals surface area contributed by atoms with Crippen molar-refractivity contribution in [1.82, 2.24) is 25.1 Å². The largest absolute Gasteiger partial charge is 0.493 e. The van der Waals surface area contributed by atoms with E-state index in [1.807, 2.05) is 36.4 Å². The number of nitrogens with one attached hydrogen (secondary N) is 1. The summed E-state index contributed by atoms with van der Waals surface area (Å²) in [5, 5.41) is 17.9. The Balaban J connectivity index is 1.67. The van der Waals surface area contributed by atoms with Crippen LogP contribution in [0.2, 0.25) is 0 Å². The number of aromatic hydroxyl groups is 1. The number of amides is 1. The molecule has 174 valence electrons. The number of hydrogen-bond acceptors (Lipinski definition) is 7. The molecule has 0 fully saturated rings. The predicted molar refractivity (Wildman–Crippen MR) is 128 cm³/mol. The zero-order valence-corrected chi connectivity index (χ0v) is 19.6. The fourth-order valence-electron chi connectivity index (χ4n) is 3.51. The van der Waals surface area contributed by atoms with E-state index in [1.54, 1.807) is 50.2 Å². The fraction of sp³-hybridized carbons (Fsp3) is 0.167. The highest BCUT2D eigenvalue weighted by Gasteiger charge is 2.24. The van der Waals surface area contributed by atoms with Gasteiger partial charge in [-0.15, -0.1) is 0 Å². The summed E-state index contributed by atoms with van der Waals surface area (Å²) < 4.78 is 19.8. The lowest BCUT2D eigenvalue weighted by atomic mass is 9.98. The third-order valence-electron chi connectivity index (χ3n) is 5.17. The zero-order valence-electron chi connectivity index (χ0n) is 18.7. The van der Waals surface area contributed by atoms with Crippen LogP contribution in [0.15, 0.2) is 79.3 Å². The molecule has 0 aliphatic heterocycles. The van der Waals surface area contributed by atoms with Crippen molar-refractivity contribution < 1.29 is 19.0 Å². The van der Waals surface area contributed by atoms with Gasteiger partial charge in [0.05, 0.1) is 12.6 Å². The molecule has 2 aromatic carbocycles. The Morgan fingerprint density at radius 1 is 1.15 bits per heavy atom. The summed E-state index contributed by atoms with van der Waals surface area (Å²) in [7, 11) is -3.01. The standard InChI is InChI=1S/C24H24N5O4P/c1-3-33-34(2,32)19-12-7-11-18(15-19)21(17-9-5-4-6-10-17)27-22(30)20-16-25-24(28-23(20)31)29-14-8-13-26-29/h4-16,21H,3H2,1-2H3,(H,27,30)(H,25,28,31). The minimum absolute atomic E-state index is 0.0801. The van der Waals surface area contributed by atoms with E-state index in [1.165, 1.54) is 10.9 Å². The number of benzene rings is 2. The highest BCUT2D eigenvalue weighted by molar-refractivity contribution is 7.66. The minimum atomic E-state index is -3.01. The molecule has 2 N–H and O–H groups in total. The molecule has 4 aromatic rings. The summed E-state index contributed by atoms with van der Waals surface area (Å²) >= 11 is 0. The molecule has 10 heteroatoms. The molecular weight excluding hydrogens is 453 g/mol. The van der Waals surface area contributed by atoms with E-state index in [2.05, 4.69) is 20.4 Å². The lowest BCUT2D eigenvalue weighted by molar-refractivity contribution is 0.0939. The summed E-state index contributed by atoms with van der Waals surface area (Å²) in [6, 6.07) is 17.6. The average Bonchev–Trinajstić information content (AvgIpc) is 3.38. The molecule has 2 heterocycles. The number of aromatic nitrogens is 4. The second-order valence-corrected chi connectivity index (χ2v) is 10.0. The minimum Gasteiger partial charge on any atom is -0.493 e. The molecule has 4 rings (SSSR count). The van der Waals surface area contributed by atoms with E-state index in [-0.39, 0.29) is 11.5 Å². The normalized spacial score (nSPS) is 13.7. The summed E-state index contributed by atoms with van der Waals surface area (Å²) in [4.78, 5) is 21.3. The van der Waals surface area contributed by atoms with Gasteiger partial charge in [-0.05, 0) is 36.2 Å². The molecule has 2 aromatic heterocycles. The first-order valence-corrected chi connectivity index (χ1v) is 12.7. The van der Waals surface area contributed by atoms with Crippen LogP contribution in [0, 0.1) is 0 Å². The van der Waals surface area contributed by atoms with Crippen molar-refractivity contribution in [1.29, 1.82) is 0 Å². The Labute approximate surface area is 196 Å². The number of nitrogens with zero attached hydrogens (tertiary/aromatic N) is 4. The Bertz CT molecular complexity index is 1330. The van der Waals surface area contributed by atoms with Gasteiger partial charge >= 0.3 is 0 Å². The van der Waals surface area contributed by atoms with Crippen molar-refractivity contribution in [2.45, 2.75) is 13.0 Å². The molecule has 0 saturated carbocycles. The number of carbonyl (C=O) groups is 1. The highest BCUT2D eigenvalue weighted by Crippen LogP contribution is 2.41. The van der Waals surface area contributed by atoms with E-state index in [0.717, 1.165) is 5.56 Å². The van der Waals surface area contributed by atoms with Crippen LogP contribution in [0.4, 0.5) is 0 Å². The number of carbonyl (C=O) groups excluding carboxylic acids is 1. The lowest BCUT2D eigenvalue weighted by Gasteiger charge is -2.22. The second-order valence-electron chi connectivity index (χ2n) is 7.53. The van der Waals surface area contributed by atoms with E-state index < -0.39 is 25.2 Å². The molecule has 9 nitrogen and oxygen atoms in total. The van der Waals surface area contributed by atoms with Gasteiger partial charge in [0, 0.05) is 30.6 Å². The predicted octanol–water partition coefficient (Wildman–Crippen LogP) is 3.46. The van der Waals surface area contributed by atoms with Gasteiger partial charge in [-0.1, -0.05) is 42.5 Å². The van der Waals surface area contributed by atoms with Gasteiger partial charge in [-0.3, -0.25) is 9.36 Å². The van der Waals surface area contributed by atoms with E-state index in [9.17, 15) is 14.5 Å². The van der Waals surface area contributed by atoms with Crippen LogP contribution < -0.4 is 10.6 Å². The van der Waals surface area contributed by atoms with Crippen LogP contribution in [-0.4, -0.2) is 44.0 Å². The summed E-state index contributed by atoms with van der Waals surface area (Å²) in [6.07, 6.45) is 4.43. The Morgan fingerprint density at radius 2 is 1.91 bits per heavy atom. The molecule has 1 amide bonds. The van der Waals surface area contributed by atoms with Crippen molar-refractivity contribution in [2.75, 3.05) is 13.3 Å². The second kappa shape index (κ2) is 9.99. The molecule has 0 aliphatic carbocycles. The molecule has 2 unspecified atom stereocenters. The molecule has 0 aliphatic rings. The molecule has 34 heavy (non-hydrogen) atoms. The average molecular weight is 477 g/mol. The van der Waals surface area contributed by atoms with E-state index >= 15 is 0 Å². The summed E-state index contributed by atoms with van der Waals surface area (Å²) in [6.45, 7) is 3.69. The van der Waals surface area contributed by atoms with Crippen LogP contribution in [-0.2, 0) is 9.09 Å². The molecule has 0 spiro atoms. The maximum Gasteiger partial charge on any atom is 0.259 e. The van der Waals surface area contributed by atoms with Gasteiger partial charge in [-0.2, -0.15) is 10.1 Å². The van der Waals surface area contributed by atoms with Gasteiger partial charge in [0.2, 0.25) is 13.2 Å². The van der Waals surface area contributed by atoms with Crippen molar-refractivity contribution in [3.63, 3.8) is 0 Å². The van der Waals surface area contributed by atoms with Crippen molar-refractivity contribution in [2.24, 2.45) is 0 Å². The van der Waals surface area contributed by atoms with Crippen LogP contribution in [0.5, 0.6) is 5.88 Å². The smallest absolute Gasteiger partial charge is 0.259 e. The summed E-state index contributed by atoms with van der Waals surface area (Å²) in [5.74, 6) is -0.887. The fourth-order valence-corrected chi connectivity index (χ4v) is 4.90.